The predicted molar refractivity (Wildman–Crippen MR) is 109 cm³/mol. The molecule has 0 unspecified atom stereocenters. The quantitative estimate of drug-likeness (QED) is 0.648. The molecule has 2 aromatic rings. The molecule has 0 amide bonds. The molecule has 2 nitrogen and oxygen atoms in total. The van der Waals surface area contributed by atoms with Gasteiger partial charge in [0.25, 0.3) is 0 Å². The van der Waals surface area contributed by atoms with Crippen LogP contribution in [0.4, 0.5) is 8.78 Å². The van der Waals surface area contributed by atoms with Gasteiger partial charge < -0.3 is 0 Å². The van der Waals surface area contributed by atoms with Crippen LogP contribution in [0.25, 0.3) is 0 Å². The molecule has 150 valence electrons. The second kappa shape index (κ2) is 9.15. The number of benzene rings is 2. The normalized spacial score (nSPS) is 23.9. The maximum atomic E-state index is 12.8. The number of alkyl halides is 2. The lowest BCUT2D eigenvalue weighted by Gasteiger charge is -2.47. The van der Waals surface area contributed by atoms with Gasteiger partial charge in [-0.3, -0.25) is 9.80 Å². The van der Waals surface area contributed by atoms with E-state index >= 15 is 0 Å². The van der Waals surface area contributed by atoms with Gasteiger partial charge >= 0.3 is 0 Å². The van der Waals surface area contributed by atoms with Crippen molar-refractivity contribution in [2.45, 2.75) is 57.3 Å². The van der Waals surface area contributed by atoms with Gasteiger partial charge in [-0.05, 0) is 36.8 Å². The lowest BCUT2D eigenvalue weighted by Crippen LogP contribution is -2.56. The Morgan fingerprint density at radius 3 is 1.75 bits per heavy atom. The molecule has 1 aliphatic heterocycles. The Morgan fingerprint density at radius 1 is 0.786 bits per heavy atom. The predicted octanol–water partition coefficient (Wildman–Crippen LogP) is 5.20. The third-order valence-electron chi connectivity index (χ3n) is 6.45. The van der Waals surface area contributed by atoms with Gasteiger partial charge in [-0.25, -0.2) is 8.78 Å². The van der Waals surface area contributed by atoms with Crippen LogP contribution in [0.1, 0.15) is 36.8 Å². The number of rotatable bonds is 7. The van der Waals surface area contributed by atoms with Gasteiger partial charge in [0.1, 0.15) is 0 Å². The summed E-state index contributed by atoms with van der Waals surface area (Å²) in [6, 6.07) is 22.4. The molecule has 1 saturated carbocycles. The molecule has 2 aromatic carbocycles. The fraction of sp³-hybridized carbons (Fsp3) is 0.500. The topological polar surface area (TPSA) is 6.48 Å². The van der Waals surface area contributed by atoms with Crippen LogP contribution >= 0.6 is 0 Å². The molecule has 0 spiro atoms. The van der Waals surface area contributed by atoms with Gasteiger partial charge in [0.2, 0.25) is 6.43 Å². The van der Waals surface area contributed by atoms with Crippen LogP contribution in [-0.4, -0.2) is 41.4 Å². The van der Waals surface area contributed by atoms with Gasteiger partial charge in [-0.2, -0.15) is 0 Å². The summed E-state index contributed by atoms with van der Waals surface area (Å²) >= 11 is 0. The first-order valence-electron chi connectivity index (χ1n) is 10.5. The summed E-state index contributed by atoms with van der Waals surface area (Å²) in [5.74, 6) is -0.398. The molecule has 0 aromatic heterocycles. The zero-order valence-electron chi connectivity index (χ0n) is 16.4. The highest BCUT2D eigenvalue weighted by Crippen LogP contribution is 2.33. The number of likely N-dealkylation sites (tertiary alicyclic amines) is 1. The van der Waals surface area contributed by atoms with Crippen molar-refractivity contribution >= 4 is 0 Å². The van der Waals surface area contributed by atoms with E-state index in [1.165, 1.54) is 11.1 Å². The van der Waals surface area contributed by atoms with Crippen LogP contribution in [0.3, 0.4) is 0 Å². The van der Waals surface area contributed by atoms with Crippen molar-refractivity contribution in [3.63, 3.8) is 0 Å². The second-order valence-corrected chi connectivity index (χ2v) is 8.39. The average Bonchev–Trinajstić information content (AvgIpc) is 2.68. The third kappa shape index (κ3) is 4.79. The highest BCUT2D eigenvalue weighted by Gasteiger charge is 2.39. The van der Waals surface area contributed by atoms with E-state index in [0.717, 1.165) is 38.8 Å². The third-order valence-corrected chi connectivity index (χ3v) is 6.45. The Kier molecular flexibility index (Phi) is 6.38. The number of hydrogen-bond donors (Lipinski definition) is 0. The fourth-order valence-corrected chi connectivity index (χ4v) is 4.74. The van der Waals surface area contributed by atoms with Gasteiger partial charge in [0.15, 0.2) is 0 Å². The van der Waals surface area contributed by atoms with Crippen molar-refractivity contribution in [3.05, 3.63) is 71.8 Å². The van der Waals surface area contributed by atoms with Crippen molar-refractivity contribution in [2.75, 3.05) is 13.1 Å². The molecular formula is C24H30F2N2. The minimum Gasteiger partial charge on any atom is -0.299 e. The summed E-state index contributed by atoms with van der Waals surface area (Å²) in [4.78, 5) is 4.89. The molecule has 0 radical (unpaired) electrons. The molecule has 0 bridgehead atoms. The summed E-state index contributed by atoms with van der Waals surface area (Å²) in [5.41, 5.74) is 2.70. The van der Waals surface area contributed by atoms with E-state index in [0.29, 0.717) is 25.2 Å². The van der Waals surface area contributed by atoms with Crippen LogP contribution in [0.2, 0.25) is 0 Å². The first-order valence-corrected chi connectivity index (χ1v) is 10.5. The lowest BCUT2D eigenvalue weighted by molar-refractivity contribution is -0.0552. The van der Waals surface area contributed by atoms with E-state index in [1.54, 1.807) is 0 Å². The van der Waals surface area contributed by atoms with Crippen LogP contribution in [0, 0.1) is 5.92 Å². The first kappa shape index (κ1) is 19.5. The zero-order chi connectivity index (χ0) is 19.3. The maximum absolute atomic E-state index is 12.8. The van der Waals surface area contributed by atoms with Gasteiger partial charge in [0.05, 0.1) is 0 Å². The molecule has 0 N–H and O–H groups in total. The van der Waals surface area contributed by atoms with Crippen molar-refractivity contribution < 1.29 is 8.78 Å². The maximum Gasteiger partial charge on any atom is 0.243 e. The molecular weight excluding hydrogens is 354 g/mol. The molecule has 2 fully saturated rings. The number of halogens is 2. The molecule has 1 aliphatic carbocycles. The van der Waals surface area contributed by atoms with E-state index in [4.69, 9.17) is 0 Å². The van der Waals surface area contributed by atoms with Crippen LogP contribution < -0.4 is 0 Å². The van der Waals surface area contributed by atoms with Gasteiger partial charge in [0, 0.05) is 44.2 Å². The molecule has 4 heteroatoms. The van der Waals surface area contributed by atoms with E-state index in [1.807, 2.05) is 0 Å². The highest BCUT2D eigenvalue weighted by atomic mass is 19.3. The van der Waals surface area contributed by atoms with Crippen molar-refractivity contribution in [2.24, 2.45) is 5.92 Å². The Hall–Kier alpha value is -1.78. The lowest BCUT2D eigenvalue weighted by atomic mass is 9.85. The fourth-order valence-electron chi connectivity index (χ4n) is 4.74. The van der Waals surface area contributed by atoms with E-state index in [-0.39, 0.29) is 0 Å². The summed E-state index contributed by atoms with van der Waals surface area (Å²) in [6.07, 6.45) is 2.40. The van der Waals surface area contributed by atoms with E-state index < -0.39 is 12.3 Å². The minimum atomic E-state index is -2.15. The van der Waals surface area contributed by atoms with Crippen molar-refractivity contribution in [1.82, 2.24) is 9.80 Å². The van der Waals surface area contributed by atoms with Crippen LogP contribution in [0.5, 0.6) is 0 Å². The molecule has 4 rings (SSSR count). The summed E-state index contributed by atoms with van der Waals surface area (Å²) < 4.78 is 25.5. The smallest absolute Gasteiger partial charge is 0.243 e. The van der Waals surface area contributed by atoms with E-state index in [9.17, 15) is 8.78 Å². The molecule has 28 heavy (non-hydrogen) atoms. The first-order chi connectivity index (χ1) is 13.7. The Morgan fingerprint density at radius 2 is 1.29 bits per heavy atom. The van der Waals surface area contributed by atoms with Gasteiger partial charge in [-0.15, -0.1) is 0 Å². The summed E-state index contributed by atoms with van der Waals surface area (Å²) in [6.45, 7) is 3.10. The Labute approximate surface area is 167 Å². The monoisotopic (exact) mass is 384 g/mol. The summed E-state index contributed by atoms with van der Waals surface area (Å²) in [5, 5.41) is 0. The molecule has 1 saturated heterocycles. The minimum absolute atomic E-state index is 0.398. The van der Waals surface area contributed by atoms with Gasteiger partial charge in [-0.1, -0.05) is 60.7 Å². The van der Waals surface area contributed by atoms with E-state index in [2.05, 4.69) is 70.5 Å². The summed E-state index contributed by atoms with van der Waals surface area (Å²) in [7, 11) is 0. The van der Waals surface area contributed by atoms with Crippen molar-refractivity contribution in [3.8, 4) is 0 Å². The Balaban J connectivity index is 1.37. The second-order valence-electron chi connectivity index (χ2n) is 8.39. The van der Waals surface area contributed by atoms with Crippen LogP contribution in [0.15, 0.2) is 60.7 Å². The van der Waals surface area contributed by atoms with Crippen molar-refractivity contribution in [1.29, 1.82) is 0 Å². The number of nitrogens with zero attached hydrogens (tertiary/aromatic N) is 2. The number of hydrogen-bond acceptors (Lipinski definition) is 2. The zero-order valence-corrected chi connectivity index (χ0v) is 16.4. The standard InChI is InChI=1S/C24H30F2N2/c25-24(26)21-17-28(18-21)23-13-11-22(12-14-23)27(15-19-7-3-1-4-8-19)16-20-9-5-2-6-10-20/h1-10,21-24H,11-18H2. The Bertz CT molecular complexity index is 666. The average molecular weight is 385 g/mol. The SMILES string of the molecule is FC(F)C1CN(C2CCC(N(Cc3ccccc3)Cc3ccccc3)CC2)C1. The molecule has 0 atom stereocenters. The molecule has 2 aliphatic rings. The van der Waals surface area contributed by atoms with Crippen LogP contribution in [-0.2, 0) is 13.1 Å². The largest absolute Gasteiger partial charge is 0.299 e. The highest BCUT2D eigenvalue weighted by molar-refractivity contribution is 5.17. The molecule has 1 heterocycles.